The molecule has 2 aromatic heterocycles. The molecular formula is C16H15ClN6. The summed E-state index contributed by atoms with van der Waals surface area (Å²) in [5.74, 6) is 1.55. The fourth-order valence-corrected chi connectivity index (χ4v) is 3.20. The van der Waals surface area contributed by atoms with Crippen LogP contribution in [0.15, 0.2) is 35.6 Å². The summed E-state index contributed by atoms with van der Waals surface area (Å²) in [6, 6.07) is 6.17. The van der Waals surface area contributed by atoms with Gasteiger partial charge in [0.25, 0.3) is 0 Å². The summed E-state index contributed by atoms with van der Waals surface area (Å²) < 4.78 is 3.78. The molecule has 1 aromatic carbocycles. The number of aromatic nitrogens is 5. The van der Waals surface area contributed by atoms with Gasteiger partial charge in [0.2, 0.25) is 0 Å². The van der Waals surface area contributed by atoms with E-state index in [0.29, 0.717) is 0 Å². The predicted molar refractivity (Wildman–Crippen MR) is 89.1 cm³/mol. The Kier molecular flexibility index (Phi) is 3.09. The summed E-state index contributed by atoms with van der Waals surface area (Å²) in [5, 5.41) is 12.6. The average molecular weight is 327 g/mol. The van der Waals surface area contributed by atoms with Crippen molar-refractivity contribution in [2.45, 2.75) is 19.3 Å². The first-order chi connectivity index (χ1) is 11.0. The first kappa shape index (κ1) is 14.1. The standard InChI is InChI=1S/C16H15ClN6/c1-9-16-21-20-10(2)23(16)14-5-4-11(6-13(14)15(17)19-9)12-7-18-22(3)8-12/h4-8,15H,1-3H3. The largest absolute Gasteiger partial charge is 0.278 e. The lowest BCUT2D eigenvalue weighted by atomic mass is 10.0. The van der Waals surface area contributed by atoms with Crippen LogP contribution in [0.2, 0.25) is 0 Å². The average Bonchev–Trinajstić information content (AvgIpc) is 3.10. The molecule has 3 heterocycles. The second kappa shape index (κ2) is 5.03. The van der Waals surface area contributed by atoms with Crippen LogP contribution in [0.3, 0.4) is 0 Å². The molecule has 0 bridgehead atoms. The number of hydrogen-bond donors (Lipinski definition) is 0. The van der Waals surface area contributed by atoms with E-state index in [9.17, 15) is 0 Å². The van der Waals surface area contributed by atoms with E-state index in [1.165, 1.54) is 0 Å². The predicted octanol–water partition coefficient (Wildman–Crippen LogP) is 3.04. The quantitative estimate of drug-likeness (QED) is 0.510. The van der Waals surface area contributed by atoms with E-state index < -0.39 is 5.50 Å². The van der Waals surface area contributed by atoms with Crippen molar-refractivity contribution in [1.82, 2.24) is 24.5 Å². The van der Waals surface area contributed by atoms with E-state index >= 15 is 0 Å². The molecule has 6 nitrogen and oxygen atoms in total. The highest BCUT2D eigenvalue weighted by atomic mass is 35.5. The molecule has 23 heavy (non-hydrogen) atoms. The van der Waals surface area contributed by atoms with Crippen LogP contribution in [0.4, 0.5) is 0 Å². The summed E-state index contributed by atoms with van der Waals surface area (Å²) in [6.07, 6.45) is 3.82. The van der Waals surface area contributed by atoms with Gasteiger partial charge in [0.15, 0.2) is 11.3 Å². The van der Waals surface area contributed by atoms with Crippen molar-refractivity contribution < 1.29 is 0 Å². The number of aryl methyl sites for hydroxylation is 2. The Bertz CT molecular complexity index is 936. The SMILES string of the molecule is CC1=NC(Cl)c2cc(-c3cnn(C)c3)ccc2-n2c(C)nnc21. The lowest BCUT2D eigenvalue weighted by Crippen LogP contribution is -2.07. The third kappa shape index (κ3) is 2.17. The minimum absolute atomic E-state index is 0.456. The molecule has 0 N–H and O–H groups in total. The van der Waals surface area contributed by atoms with Crippen molar-refractivity contribution in [3.05, 3.63) is 47.8 Å². The zero-order valence-electron chi connectivity index (χ0n) is 13.0. The molecule has 7 heteroatoms. The van der Waals surface area contributed by atoms with Gasteiger partial charge in [-0.3, -0.25) is 14.2 Å². The van der Waals surface area contributed by atoms with Crippen LogP contribution in [0, 0.1) is 6.92 Å². The highest BCUT2D eigenvalue weighted by Gasteiger charge is 2.24. The van der Waals surface area contributed by atoms with Crippen LogP contribution >= 0.6 is 11.6 Å². The van der Waals surface area contributed by atoms with Crippen LogP contribution in [-0.2, 0) is 7.05 Å². The second-order valence-corrected chi connectivity index (χ2v) is 6.05. The van der Waals surface area contributed by atoms with Gasteiger partial charge in [-0.1, -0.05) is 17.7 Å². The van der Waals surface area contributed by atoms with Gasteiger partial charge < -0.3 is 0 Å². The zero-order chi connectivity index (χ0) is 16.1. The van der Waals surface area contributed by atoms with Gasteiger partial charge in [0.05, 0.1) is 17.6 Å². The molecule has 0 aliphatic carbocycles. The Balaban J connectivity index is 1.95. The van der Waals surface area contributed by atoms with Crippen molar-refractivity contribution in [2.75, 3.05) is 0 Å². The Morgan fingerprint density at radius 2 is 1.96 bits per heavy atom. The number of alkyl halides is 1. The molecule has 116 valence electrons. The molecule has 0 saturated heterocycles. The maximum absolute atomic E-state index is 6.54. The summed E-state index contributed by atoms with van der Waals surface area (Å²) in [6.45, 7) is 3.83. The van der Waals surface area contributed by atoms with Crippen LogP contribution in [0.25, 0.3) is 16.8 Å². The van der Waals surface area contributed by atoms with Gasteiger partial charge in [0, 0.05) is 24.4 Å². The molecule has 3 aromatic rings. The number of hydrogen-bond acceptors (Lipinski definition) is 4. The number of halogens is 1. The number of nitrogens with zero attached hydrogens (tertiary/aromatic N) is 6. The lowest BCUT2D eigenvalue weighted by molar-refractivity contribution is 0.768. The molecule has 1 aliphatic rings. The highest BCUT2D eigenvalue weighted by molar-refractivity contribution is 6.22. The minimum atomic E-state index is -0.456. The third-order valence-electron chi connectivity index (χ3n) is 4.02. The number of aliphatic imine (C=N–C) groups is 1. The maximum Gasteiger partial charge on any atom is 0.182 e. The van der Waals surface area contributed by atoms with Crippen LogP contribution in [0.5, 0.6) is 0 Å². The van der Waals surface area contributed by atoms with Gasteiger partial charge in [-0.25, -0.2) is 0 Å². The van der Waals surface area contributed by atoms with Gasteiger partial charge in [0.1, 0.15) is 5.82 Å². The van der Waals surface area contributed by atoms with Crippen molar-refractivity contribution in [1.29, 1.82) is 0 Å². The molecule has 1 atom stereocenters. The topological polar surface area (TPSA) is 60.9 Å². The van der Waals surface area contributed by atoms with Crippen molar-refractivity contribution in [3.8, 4) is 16.8 Å². The zero-order valence-corrected chi connectivity index (χ0v) is 13.8. The van der Waals surface area contributed by atoms with Gasteiger partial charge in [-0.2, -0.15) is 5.10 Å². The Morgan fingerprint density at radius 3 is 2.70 bits per heavy atom. The second-order valence-electron chi connectivity index (χ2n) is 5.63. The first-order valence-corrected chi connectivity index (χ1v) is 7.72. The van der Waals surface area contributed by atoms with Crippen LogP contribution in [-0.4, -0.2) is 30.3 Å². The van der Waals surface area contributed by atoms with Crippen molar-refractivity contribution in [3.63, 3.8) is 0 Å². The maximum atomic E-state index is 6.54. The van der Waals surface area contributed by atoms with E-state index in [4.69, 9.17) is 11.6 Å². The molecule has 0 saturated carbocycles. The van der Waals surface area contributed by atoms with Gasteiger partial charge in [-0.05, 0) is 31.5 Å². The normalized spacial score (nSPS) is 16.5. The Morgan fingerprint density at radius 1 is 1.13 bits per heavy atom. The van der Waals surface area contributed by atoms with Crippen molar-refractivity contribution >= 4 is 17.3 Å². The smallest absolute Gasteiger partial charge is 0.182 e. The molecule has 0 amide bonds. The number of benzene rings is 1. The third-order valence-corrected chi connectivity index (χ3v) is 4.35. The van der Waals surface area contributed by atoms with E-state index in [1.807, 2.05) is 43.9 Å². The first-order valence-electron chi connectivity index (χ1n) is 7.29. The van der Waals surface area contributed by atoms with Crippen LogP contribution < -0.4 is 0 Å². The van der Waals surface area contributed by atoms with Crippen LogP contribution in [0.1, 0.15) is 29.6 Å². The molecular weight excluding hydrogens is 312 g/mol. The number of rotatable bonds is 1. The number of fused-ring (bicyclic) bond motifs is 3. The summed E-state index contributed by atoms with van der Waals surface area (Å²) in [5.41, 5.74) is 4.34. The van der Waals surface area contributed by atoms with E-state index in [2.05, 4.69) is 32.4 Å². The minimum Gasteiger partial charge on any atom is -0.278 e. The Labute approximate surface area is 138 Å². The van der Waals surface area contributed by atoms with Gasteiger partial charge in [-0.15, -0.1) is 10.2 Å². The summed E-state index contributed by atoms with van der Waals surface area (Å²) in [4.78, 5) is 4.55. The summed E-state index contributed by atoms with van der Waals surface area (Å²) >= 11 is 6.54. The van der Waals surface area contributed by atoms with E-state index in [-0.39, 0.29) is 0 Å². The fraction of sp³-hybridized carbons (Fsp3) is 0.250. The fourth-order valence-electron chi connectivity index (χ4n) is 2.88. The molecule has 0 fully saturated rings. The van der Waals surface area contributed by atoms with Crippen molar-refractivity contribution in [2.24, 2.45) is 12.0 Å². The molecule has 1 unspecified atom stereocenters. The molecule has 0 radical (unpaired) electrons. The molecule has 0 spiro atoms. The summed E-state index contributed by atoms with van der Waals surface area (Å²) in [7, 11) is 1.90. The van der Waals surface area contributed by atoms with E-state index in [0.717, 1.165) is 39.7 Å². The molecule has 4 rings (SSSR count). The monoisotopic (exact) mass is 326 g/mol. The highest BCUT2D eigenvalue weighted by Crippen LogP contribution is 2.35. The Hall–Kier alpha value is -2.47. The lowest BCUT2D eigenvalue weighted by Gasteiger charge is -2.13. The molecule has 1 aliphatic heterocycles. The van der Waals surface area contributed by atoms with Gasteiger partial charge >= 0.3 is 0 Å². The van der Waals surface area contributed by atoms with E-state index in [1.54, 1.807) is 4.68 Å².